The minimum absolute atomic E-state index is 0.00588. The van der Waals surface area contributed by atoms with Crippen LogP contribution in [0.2, 0.25) is 28.2 Å². The van der Waals surface area contributed by atoms with Crippen molar-refractivity contribution >= 4 is 75.4 Å². The van der Waals surface area contributed by atoms with Crippen LogP contribution in [0.25, 0.3) is 35.3 Å². The smallest absolute Gasteiger partial charge is 0.308 e. The van der Waals surface area contributed by atoms with Crippen LogP contribution in [0.5, 0.6) is 0 Å². The lowest BCUT2D eigenvalue weighted by Gasteiger charge is -2.45. The van der Waals surface area contributed by atoms with Crippen molar-refractivity contribution in [1.29, 1.82) is 0 Å². The zero-order chi connectivity index (χ0) is 70.3. The largest absolute Gasteiger partial charge is 0.462 e. The van der Waals surface area contributed by atoms with Crippen molar-refractivity contribution < 1.29 is 55.1 Å². The van der Waals surface area contributed by atoms with E-state index in [1.54, 1.807) is 26.4 Å². The second kappa shape index (κ2) is 33.4. The van der Waals surface area contributed by atoms with Gasteiger partial charge in [-0.15, -0.1) is 0 Å². The summed E-state index contributed by atoms with van der Waals surface area (Å²) in [6, 6.07) is 42.1. The van der Waals surface area contributed by atoms with Gasteiger partial charge >= 0.3 is 5.97 Å². The number of Topliss-reactive ketones (excluding diaryl/α,β-unsaturated/α-hetero) is 1. The second-order valence-electron chi connectivity index (χ2n) is 30.2. The molecular weight excluding hydrogens is 1270 g/mol. The van der Waals surface area contributed by atoms with E-state index >= 15 is 9.59 Å². The number of cyclic esters (lactones) is 1. The quantitative estimate of drug-likeness (QED) is 0.0435. The number of allylic oxidation sites excluding steroid dienone is 1. The van der Waals surface area contributed by atoms with Crippen LogP contribution in [0.15, 0.2) is 166 Å². The molecule has 1 aliphatic heterocycles. The van der Waals surface area contributed by atoms with Gasteiger partial charge in [-0.25, -0.2) is 15.0 Å². The minimum Gasteiger partial charge on any atom is -0.462 e. The third kappa shape index (κ3) is 18.8. The van der Waals surface area contributed by atoms with Gasteiger partial charge in [0.25, 0.3) is 16.6 Å². The summed E-state index contributed by atoms with van der Waals surface area (Å²) in [5.41, 5.74) is 1.15. The molecule has 0 spiro atoms. The van der Waals surface area contributed by atoms with E-state index in [9.17, 15) is 4.79 Å². The molecule has 0 saturated carbocycles. The molecule has 0 unspecified atom stereocenters. The first-order valence-electron chi connectivity index (χ1n) is 34.8. The van der Waals surface area contributed by atoms with Crippen LogP contribution in [0.4, 0.5) is 0 Å². The average molecular weight is 1370 g/mol. The molecule has 7 aromatic rings. The Morgan fingerprint density at radius 1 is 0.639 bits per heavy atom. The molecule has 1 aliphatic rings. The van der Waals surface area contributed by atoms with Gasteiger partial charge in [0.2, 0.25) is 17.7 Å². The van der Waals surface area contributed by atoms with Crippen LogP contribution < -0.4 is 20.7 Å². The summed E-state index contributed by atoms with van der Waals surface area (Å²) >= 11 is 0. The number of ketones is 2. The molecule has 0 fully saturated rings. The summed E-state index contributed by atoms with van der Waals surface area (Å²) in [6.07, 6.45) is 11.7. The molecule has 0 saturated heterocycles. The van der Waals surface area contributed by atoms with Crippen molar-refractivity contribution in [3.05, 3.63) is 164 Å². The minimum atomic E-state index is -3.24. The highest BCUT2D eigenvalue weighted by Crippen LogP contribution is 2.43. The van der Waals surface area contributed by atoms with E-state index in [0.29, 0.717) is 74.5 Å². The molecule has 15 nitrogen and oxygen atoms in total. The van der Waals surface area contributed by atoms with E-state index in [4.69, 9.17) is 40.7 Å². The molecule has 97 heavy (non-hydrogen) atoms. The fourth-order valence-electron chi connectivity index (χ4n) is 13.5. The van der Waals surface area contributed by atoms with Gasteiger partial charge in [-0.1, -0.05) is 217 Å². The highest BCUT2D eigenvalue weighted by molar-refractivity contribution is 7.00. The topological polar surface area (TPSA) is 185 Å². The second-order valence-corrected chi connectivity index (χ2v) is 43.5. The molecule has 0 amide bonds. The van der Waals surface area contributed by atoms with E-state index in [0.717, 1.165) is 10.4 Å². The Hall–Kier alpha value is -6.75. The van der Waals surface area contributed by atoms with E-state index in [1.165, 1.54) is 35.2 Å². The van der Waals surface area contributed by atoms with Gasteiger partial charge in [0.15, 0.2) is 25.5 Å². The number of carbonyl (C=O) groups excluding carboxylic acids is 3. The maximum atomic E-state index is 15.3. The first-order chi connectivity index (χ1) is 46.0. The van der Waals surface area contributed by atoms with E-state index in [1.807, 2.05) is 56.3 Å². The number of hydrogen-bond acceptors (Lipinski definition) is 15. The number of rotatable bonds is 23. The van der Waals surface area contributed by atoms with Crippen molar-refractivity contribution in [2.24, 2.45) is 23.7 Å². The molecule has 4 aromatic carbocycles. The molecule has 0 N–H and O–H groups in total. The van der Waals surface area contributed by atoms with Gasteiger partial charge in [0, 0.05) is 51.9 Å². The van der Waals surface area contributed by atoms with E-state index in [-0.39, 0.29) is 70.1 Å². The van der Waals surface area contributed by atoms with Crippen LogP contribution in [-0.4, -0.2) is 109 Å². The molecule has 4 heterocycles. The third-order valence-electron chi connectivity index (χ3n) is 20.3. The summed E-state index contributed by atoms with van der Waals surface area (Å²) in [5.74, 6) is -0.639. The SMILES string of the molecule is CO[C@@H]1C/C=C/c2nc(co2)-c2nc(co2)-c2nc(co2)/C=C/C(=O)CCC[C@@H](O[Si](c2ccccc2)(c2ccccc2)C(C)(C)C)CC(=O)O[C@H](C[C@@H](OC)[C@@H](C)CCC(=O)[C@H](C)[C@H](O[Si](C)(C)C(C)(C)C)[C@H](C)CCO[Si](c2ccccc2)(c2ccccc2)C(C)(C)C)[C@H]1C. The fourth-order valence-corrected chi connectivity index (χ4v) is 24.3. The van der Waals surface area contributed by atoms with E-state index < -0.39 is 66.3 Å². The Kier molecular flexibility index (Phi) is 26.2. The lowest BCUT2D eigenvalue weighted by Crippen LogP contribution is -2.67. The van der Waals surface area contributed by atoms with Crippen molar-refractivity contribution in [2.45, 2.75) is 207 Å². The normalized spacial score (nSPS) is 19.9. The number of benzene rings is 4. The predicted molar refractivity (Wildman–Crippen MR) is 393 cm³/mol. The number of nitrogens with zero attached hydrogens (tertiary/aromatic N) is 3. The molecule has 9 atom stereocenters. The predicted octanol–water partition coefficient (Wildman–Crippen LogP) is 16.1. The van der Waals surface area contributed by atoms with Gasteiger partial charge in [-0.3, -0.25) is 14.4 Å². The highest BCUT2D eigenvalue weighted by atomic mass is 28.4. The number of esters is 1. The summed E-state index contributed by atoms with van der Waals surface area (Å²) in [4.78, 5) is 57.7. The fraction of sp³-hybridized carbons (Fsp3) is 0.494. The van der Waals surface area contributed by atoms with Crippen LogP contribution in [-0.2, 0) is 41.9 Å². The molecule has 18 heteroatoms. The van der Waals surface area contributed by atoms with Crippen LogP contribution in [0, 0.1) is 23.7 Å². The van der Waals surface area contributed by atoms with Gasteiger partial charge in [0.1, 0.15) is 36.4 Å². The average Bonchev–Trinajstić information content (AvgIpc) is 1.61. The Labute approximate surface area is 580 Å². The maximum absolute atomic E-state index is 15.3. The van der Waals surface area contributed by atoms with Gasteiger partial charge in [-0.2, -0.15) is 0 Å². The number of hydrogen-bond donors (Lipinski definition) is 0. The Morgan fingerprint density at radius 3 is 1.72 bits per heavy atom. The van der Waals surface area contributed by atoms with Gasteiger partial charge in [-0.05, 0) is 111 Å². The number of carbonyl (C=O) groups is 3. The van der Waals surface area contributed by atoms with Gasteiger partial charge in [0.05, 0.1) is 30.8 Å². The molecule has 3 aromatic heterocycles. The molecule has 8 rings (SSSR count). The molecule has 6 bridgehead atoms. The number of aromatic nitrogens is 3. The van der Waals surface area contributed by atoms with Crippen LogP contribution >= 0.6 is 0 Å². The summed E-state index contributed by atoms with van der Waals surface area (Å²) in [7, 11) is -5.11. The molecule has 522 valence electrons. The van der Waals surface area contributed by atoms with E-state index in [2.05, 4.69) is 189 Å². The molecule has 0 aliphatic carbocycles. The van der Waals surface area contributed by atoms with Crippen LogP contribution in [0.3, 0.4) is 0 Å². The Bertz CT molecular complexity index is 3580. The van der Waals surface area contributed by atoms with Crippen molar-refractivity contribution in [1.82, 2.24) is 15.0 Å². The van der Waals surface area contributed by atoms with Crippen molar-refractivity contribution in [2.75, 3.05) is 20.8 Å². The Balaban J connectivity index is 1.07. The first-order valence-corrected chi connectivity index (χ1v) is 41.5. The molecule has 0 radical (unpaired) electrons. The summed E-state index contributed by atoms with van der Waals surface area (Å²) in [6.45, 7) is 33.7. The Morgan fingerprint density at radius 2 is 1.18 bits per heavy atom. The molecular formula is C79H107N3O12Si3. The lowest BCUT2D eigenvalue weighted by atomic mass is 9.84. The zero-order valence-corrected chi connectivity index (χ0v) is 63.6. The lowest BCUT2D eigenvalue weighted by molar-refractivity contribution is -0.159. The summed E-state index contributed by atoms with van der Waals surface area (Å²) in [5, 5.41) is 3.89. The number of ether oxygens (including phenoxy) is 3. The third-order valence-corrected chi connectivity index (χ3v) is 34.9. The van der Waals surface area contributed by atoms with Gasteiger partial charge < -0.3 is 40.7 Å². The number of fused-ring (bicyclic) bond motifs is 8. The standard InChI is InChI=1S/C79H107N3O12Si3/c1-55(44-47-68(84)57(3)74(94-95(16,17)77(5,6)7)56(2)48-49-91-96(78(8,9)10,62-34-22-18-23-35-62)63-36-24-19-25-37-63)70(87-15)51-71-58(4)69(86-14)42-31-43-72-81-66(53-88-72)76-82-67(54-90-76)75-80-59(52-89-75)45-46-60(83)32-30-33-61(50-73(85)92-71)93-97(79(11,12)13,64-38-26-20-27-39-64)65-40-28-21-29-41-65/h18-29,31,34-41,43,45-46,52-58,61,69-71,74H,30,32-33,42,44,47-51H2,1-17H3/b43-31+,46-45+/t55-,56+,57-,58-,61+,69+,70+,71+,74+/m0/s1. The monoisotopic (exact) mass is 1370 g/mol. The maximum Gasteiger partial charge on any atom is 0.308 e. The first kappa shape index (κ1) is 76.0. The van der Waals surface area contributed by atoms with Crippen molar-refractivity contribution in [3.63, 3.8) is 0 Å². The van der Waals surface area contributed by atoms with Crippen molar-refractivity contribution in [3.8, 4) is 23.2 Å². The number of methoxy groups -OCH3 is 2. The summed E-state index contributed by atoms with van der Waals surface area (Å²) < 4.78 is 59.5. The number of oxazole rings is 3. The zero-order valence-electron chi connectivity index (χ0n) is 60.6. The van der Waals surface area contributed by atoms with Crippen LogP contribution in [0.1, 0.15) is 159 Å². The highest BCUT2D eigenvalue weighted by Gasteiger charge is 2.53.